The third kappa shape index (κ3) is 2.01. The van der Waals surface area contributed by atoms with Gasteiger partial charge in [-0.3, -0.25) is 4.79 Å². The molecule has 0 unspecified atom stereocenters. The van der Waals surface area contributed by atoms with Gasteiger partial charge in [0.1, 0.15) is 0 Å². The third-order valence-corrected chi connectivity index (χ3v) is 3.32. The summed E-state index contributed by atoms with van der Waals surface area (Å²) in [5.74, 6) is -0.0842. The number of hydrogen-bond acceptors (Lipinski definition) is 3. The van der Waals surface area contributed by atoms with Gasteiger partial charge in [0.15, 0.2) is 5.78 Å². The fraction of sp³-hybridized carbons (Fsp3) is 0.0625. The molecule has 0 atom stereocenters. The van der Waals surface area contributed by atoms with E-state index in [9.17, 15) is 4.79 Å². The van der Waals surface area contributed by atoms with E-state index in [1.54, 1.807) is 24.4 Å². The van der Waals surface area contributed by atoms with Crippen LogP contribution in [0.15, 0.2) is 42.6 Å². The van der Waals surface area contributed by atoms with Gasteiger partial charge >= 0.3 is 0 Å². The molecule has 3 rings (SSSR count). The third-order valence-electron chi connectivity index (χ3n) is 3.32. The summed E-state index contributed by atoms with van der Waals surface area (Å²) in [6, 6.07) is 10.9. The molecule has 0 amide bonds. The number of aromatic nitrogens is 1. The Morgan fingerprint density at radius 1 is 1.05 bits per heavy atom. The van der Waals surface area contributed by atoms with Gasteiger partial charge < -0.3 is 16.5 Å². The first kappa shape index (κ1) is 12.3. The van der Waals surface area contributed by atoms with Gasteiger partial charge in [-0.1, -0.05) is 12.1 Å². The van der Waals surface area contributed by atoms with Crippen molar-refractivity contribution in [1.82, 2.24) is 4.98 Å². The fourth-order valence-electron chi connectivity index (χ4n) is 2.39. The van der Waals surface area contributed by atoms with Gasteiger partial charge in [0.05, 0.1) is 0 Å². The first-order valence-corrected chi connectivity index (χ1v) is 6.33. The minimum atomic E-state index is -0.0842. The first-order chi connectivity index (χ1) is 9.54. The number of nitrogens with two attached hydrogens (primary N) is 2. The number of carbonyl (C=O) groups is 1. The number of benzene rings is 2. The lowest BCUT2D eigenvalue weighted by molar-refractivity contribution is 0.104. The van der Waals surface area contributed by atoms with E-state index in [0.717, 1.165) is 16.5 Å². The normalized spacial score (nSPS) is 10.8. The van der Waals surface area contributed by atoms with E-state index in [1.165, 1.54) is 0 Å². The average molecular weight is 265 g/mol. The number of fused-ring (bicyclic) bond motifs is 1. The molecule has 1 aromatic heterocycles. The number of rotatable bonds is 2. The Morgan fingerprint density at radius 3 is 2.45 bits per heavy atom. The maximum Gasteiger partial charge on any atom is 0.195 e. The molecule has 0 bridgehead atoms. The van der Waals surface area contributed by atoms with Crippen LogP contribution in [0.5, 0.6) is 0 Å². The quantitative estimate of drug-likeness (QED) is 0.492. The van der Waals surface area contributed by atoms with Crippen LogP contribution < -0.4 is 11.5 Å². The van der Waals surface area contributed by atoms with Gasteiger partial charge in [-0.2, -0.15) is 0 Å². The maximum absolute atomic E-state index is 12.6. The maximum atomic E-state index is 12.6. The zero-order chi connectivity index (χ0) is 14.3. The SMILES string of the molecule is Cc1ccc2c(C(=O)c3cc(N)cc(N)c3)c[nH]c2c1. The number of anilines is 2. The lowest BCUT2D eigenvalue weighted by Crippen LogP contribution is -2.03. The Labute approximate surface area is 116 Å². The van der Waals surface area contributed by atoms with Crippen LogP contribution in [-0.4, -0.2) is 10.8 Å². The van der Waals surface area contributed by atoms with E-state index in [1.807, 2.05) is 25.1 Å². The molecule has 0 aliphatic rings. The molecule has 0 spiro atoms. The Hall–Kier alpha value is -2.75. The number of carbonyl (C=O) groups excluding carboxylic acids is 1. The van der Waals surface area contributed by atoms with Crippen molar-refractivity contribution in [3.05, 3.63) is 59.3 Å². The molecule has 4 heteroatoms. The van der Waals surface area contributed by atoms with Crippen molar-refractivity contribution >= 4 is 28.1 Å². The Morgan fingerprint density at radius 2 is 1.75 bits per heavy atom. The average Bonchev–Trinajstić information content (AvgIpc) is 2.79. The highest BCUT2D eigenvalue weighted by molar-refractivity contribution is 6.16. The lowest BCUT2D eigenvalue weighted by atomic mass is 10.0. The predicted molar refractivity (Wildman–Crippen MR) is 81.7 cm³/mol. The van der Waals surface area contributed by atoms with Gasteiger partial charge in [0, 0.05) is 39.6 Å². The van der Waals surface area contributed by atoms with Crippen molar-refractivity contribution in [3.63, 3.8) is 0 Å². The molecular weight excluding hydrogens is 250 g/mol. The molecule has 100 valence electrons. The molecular formula is C16H15N3O. The molecule has 1 heterocycles. The highest BCUT2D eigenvalue weighted by atomic mass is 16.1. The topological polar surface area (TPSA) is 84.9 Å². The molecule has 0 saturated carbocycles. The minimum absolute atomic E-state index is 0.0842. The molecule has 20 heavy (non-hydrogen) atoms. The summed E-state index contributed by atoms with van der Waals surface area (Å²) in [6.07, 6.45) is 1.73. The fourth-order valence-corrected chi connectivity index (χ4v) is 2.39. The first-order valence-electron chi connectivity index (χ1n) is 6.33. The summed E-state index contributed by atoms with van der Waals surface area (Å²) in [7, 11) is 0. The van der Waals surface area contributed by atoms with Crippen LogP contribution in [0.4, 0.5) is 11.4 Å². The van der Waals surface area contributed by atoms with Crippen molar-refractivity contribution in [3.8, 4) is 0 Å². The van der Waals surface area contributed by atoms with E-state index < -0.39 is 0 Å². The second kappa shape index (κ2) is 4.42. The highest BCUT2D eigenvalue weighted by Crippen LogP contribution is 2.24. The summed E-state index contributed by atoms with van der Waals surface area (Å²) in [4.78, 5) is 15.7. The predicted octanol–water partition coefficient (Wildman–Crippen LogP) is 2.87. The molecule has 5 N–H and O–H groups in total. The number of aryl methyl sites for hydroxylation is 1. The van der Waals surface area contributed by atoms with Gasteiger partial charge in [0.2, 0.25) is 0 Å². The Kier molecular flexibility index (Phi) is 2.71. The van der Waals surface area contributed by atoms with Crippen LogP contribution in [-0.2, 0) is 0 Å². The molecule has 0 aliphatic heterocycles. The van der Waals surface area contributed by atoms with E-state index in [0.29, 0.717) is 22.5 Å². The van der Waals surface area contributed by atoms with E-state index in [-0.39, 0.29) is 5.78 Å². The molecule has 4 nitrogen and oxygen atoms in total. The van der Waals surface area contributed by atoms with E-state index in [4.69, 9.17) is 11.5 Å². The zero-order valence-electron chi connectivity index (χ0n) is 11.1. The van der Waals surface area contributed by atoms with Crippen LogP contribution in [0.25, 0.3) is 10.9 Å². The monoisotopic (exact) mass is 265 g/mol. The summed E-state index contributed by atoms with van der Waals surface area (Å²) in [5, 5.41) is 0.904. The van der Waals surface area contributed by atoms with Crippen LogP contribution >= 0.6 is 0 Å². The second-order valence-electron chi connectivity index (χ2n) is 4.97. The summed E-state index contributed by atoms with van der Waals surface area (Å²) >= 11 is 0. The summed E-state index contributed by atoms with van der Waals surface area (Å²) in [5.41, 5.74) is 15.7. The summed E-state index contributed by atoms with van der Waals surface area (Å²) in [6.45, 7) is 2.01. The highest BCUT2D eigenvalue weighted by Gasteiger charge is 2.15. The molecule has 0 saturated heterocycles. The van der Waals surface area contributed by atoms with Crippen LogP contribution in [0.3, 0.4) is 0 Å². The van der Waals surface area contributed by atoms with Crippen LogP contribution in [0, 0.1) is 6.92 Å². The smallest absolute Gasteiger partial charge is 0.195 e. The number of H-pyrrole nitrogens is 1. The van der Waals surface area contributed by atoms with Crippen LogP contribution in [0.1, 0.15) is 21.5 Å². The van der Waals surface area contributed by atoms with Gasteiger partial charge in [0.25, 0.3) is 0 Å². The van der Waals surface area contributed by atoms with Crippen LogP contribution in [0.2, 0.25) is 0 Å². The lowest BCUT2D eigenvalue weighted by Gasteiger charge is -2.03. The Balaban J connectivity index is 2.12. The van der Waals surface area contributed by atoms with Gasteiger partial charge in [-0.25, -0.2) is 0 Å². The van der Waals surface area contributed by atoms with Crippen molar-refractivity contribution in [2.75, 3.05) is 11.5 Å². The second-order valence-corrected chi connectivity index (χ2v) is 4.97. The molecule has 0 fully saturated rings. The van der Waals surface area contributed by atoms with Crippen molar-refractivity contribution in [2.45, 2.75) is 6.92 Å². The molecule has 0 aliphatic carbocycles. The molecule has 3 aromatic rings. The van der Waals surface area contributed by atoms with E-state index in [2.05, 4.69) is 4.98 Å². The molecule has 0 radical (unpaired) electrons. The number of nitrogen functional groups attached to an aromatic ring is 2. The number of ketones is 1. The van der Waals surface area contributed by atoms with Gasteiger partial charge in [-0.05, 0) is 36.8 Å². The number of hydrogen-bond donors (Lipinski definition) is 3. The van der Waals surface area contributed by atoms with Crippen molar-refractivity contribution < 1.29 is 4.79 Å². The largest absolute Gasteiger partial charge is 0.399 e. The molecule has 2 aromatic carbocycles. The minimum Gasteiger partial charge on any atom is -0.399 e. The number of nitrogens with one attached hydrogen (secondary N) is 1. The Bertz CT molecular complexity index is 797. The van der Waals surface area contributed by atoms with Gasteiger partial charge in [-0.15, -0.1) is 0 Å². The van der Waals surface area contributed by atoms with E-state index >= 15 is 0 Å². The summed E-state index contributed by atoms with van der Waals surface area (Å²) < 4.78 is 0. The van der Waals surface area contributed by atoms with Crippen molar-refractivity contribution in [1.29, 1.82) is 0 Å². The van der Waals surface area contributed by atoms with Crippen molar-refractivity contribution in [2.24, 2.45) is 0 Å². The number of aromatic amines is 1. The zero-order valence-corrected chi connectivity index (χ0v) is 11.1. The standard InChI is InChI=1S/C16H15N3O/c1-9-2-3-13-14(8-19-15(13)4-9)16(20)10-5-11(17)7-12(18)6-10/h2-8,19H,17-18H2,1H3.